The SMILES string of the molecule is Cn1cnc2cnc(N=C(c3ccccc3)c3ccccc3)cc21. The Hall–Kier alpha value is -3.27. The highest BCUT2D eigenvalue weighted by Gasteiger charge is 2.08. The number of imidazole rings is 1. The summed E-state index contributed by atoms with van der Waals surface area (Å²) in [5, 5.41) is 0. The summed E-state index contributed by atoms with van der Waals surface area (Å²) in [6.45, 7) is 0. The Bertz CT molecular complexity index is 960. The average molecular weight is 312 g/mol. The van der Waals surface area contributed by atoms with Crippen LogP contribution >= 0.6 is 0 Å². The van der Waals surface area contributed by atoms with Gasteiger partial charge in [-0.25, -0.2) is 15.0 Å². The number of rotatable bonds is 3. The van der Waals surface area contributed by atoms with Crippen LogP contribution in [0.4, 0.5) is 5.82 Å². The van der Waals surface area contributed by atoms with E-state index in [9.17, 15) is 0 Å². The van der Waals surface area contributed by atoms with Gasteiger partial charge in [-0.05, 0) is 0 Å². The van der Waals surface area contributed by atoms with Crippen LogP contribution in [0.15, 0.2) is 84.2 Å². The van der Waals surface area contributed by atoms with Gasteiger partial charge < -0.3 is 4.57 Å². The first kappa shape index (κ1) is 14.3. The van der Waals surface area contributed by atoms with Crippen molar-refractivity contribution in [1.82, 2.24) is 14.5 Å². The minimum absolute atomic E-state index is 0.675. The maximum atomic E-state index is 4.83. The second kappa shape index (κ2) is 6.08. The lowest BCUT2D eigenvalue weighted by Gasteiger charge is -2.07. The van der Waals surface area contributed by atoms with Gasteiger partial charge >= 0.3 is 0 Å². The van der Waals surface area contributed by atoms with Crippen molar-refractivity contribution in [2.45, 2.75) is 0 Å². The number of fused-ring (bicyclic) bond motifs is 1. The van der Waals surface area contributed by atoms with Gasteiger partial charge in [-0.3, -0.25) is 0 Å². The van der Waals surface area contributed by atoms with Crippen molar-refractivity contribution < 1.29 is 0 Å². The van der Waals surface area contributed by atoms with E-state index in [-0.39, 0.29) is 0 Å². The number of hydrogen-bond donors (Lipinski definition) is 0. The van der Waals surface area contributed by atoms with Crippen LogP contribution < -0.4 is 0 Å². The van der Waals surface area contributed by atoms with Gasteiger partial charge in [-0.1, -0.05) is 60.7 Å². The summed E-state index contributed by atoms with van der Waals surface area (Å²) < 4.78 is 1.97. The van der Waals surface area contributed by atoms with E-state index in [0.717, 1.165) is 27.9 Å². The number of nitrogens with zero attached hydrogens (tertiary/aromatic N) is 4. The molecule has 0 aliphatic carbocycles. The molecule has 2 aromatic carbocycles. The van der Waals surface area contributed by atoms with Gasteiger partial charge in [-0.15, -0.1) is 0 Å². The number of benzene rings is 2. The Kier molecular flexibility index (Phi) is 3.63. The lowest BCUT2D eigenvalue weighted by atomic mass is 10.0. The maximum absolute atomic E-state index is 4.83. The molecule has 4 nitrogen and oxygen atoms in total. The molecule has 24 heavy (non-hydrogen) atoms. The number of aryl methyl sites for hydroxylation is 1. The Labute approximate surface area is 140 Å². The van der Waals surface area contributed by atoms with Crippen molar-refractivity contribution in [3.8, 4) is 0 Å². The van der Waals surface area contributed by atoms with E-state index in [1.54, 1.807) is 12.5 Å². The highest BCUT2D eigenvalue weighted by Crippen LogP contribution is 2.20. The van der Waals surface area contributed by atoms with Crippen LogP contribution in [0.25, 0.3) is 11.0 Å². The second-order valence-corrected chi connectivity index (χ2v) is 5.58. The first-order chi connectivity index (χ1) is 11.8. The normalized spacial score (nSPS) is 10.7. The molecule has 0 saturated carbocycles. The van der Waals surface area contributed by atoms with E-state index in [1.807, 2.05) is 54.1 Å². The predicted octanol–water partition coefficient (Wildman–Crippen LogP) is 4.14. The molecule has 2 aromatic heterocycles. The molecule has 4 heteroatoms. The second-order valence-electron chi connectivity index (χ2n) is 5.58. The number of aromatic nitrogens is 3. The number of aliphatic imine (C=N–C) groups is 1. The lowest BCUT2D eigenvalue weighted by molar-refractivity contribution is 0.947. The van der Waals surface area contributed by atoms with Gasteiger partial charge in [0, 0.05) is 24.2 Å². The van der Waals surface area contributed by atoms with Crippen molar-refractivity contribution in [2.24, 2.45) is 12.0 Å². The molecule has 0 N–H and O–H groups in total. The molecule has 0 saturated heterocycles. The highest BCUT2D eigenvalue weighted by molar-refractivity contribution is 6.13. The molecule has 116 valence electrons. The summed E-state index contributed by atoms with van der Waals surface area (Å²) >= 11 is 0. The van der Waals surface area contributed by atoms with Gasteiger partial charge in [0.2, 0.25) is 0 Å². The van der Waals surface area contributed by atoms with Gasteiger partial charge in [0.05, 0.1) is 23.8 Å². The molecular weight excluding hydrogens is 296 g/mol. The molecule has 0 fully saturated rings. The van der Waals surface area contributed by atoms with Crippen molar-refractivity contribution >= 4 is 22.6 Å². The van der Waals surface area contributed by atoms with Gasteiger partial charge in [0.1, 0.15) is 5.52 Å². The summed E-state index contributed by atoms with van der Waals surface area (Å²) in [6, 6.07) is 22.3. The van der Waals surface area contributed by atoms with Crippen molar-refractivity contribution in [3.05, 3.63) is 90.4 Å². The standard InChI is InChI=1S/C20H16N4/c1-24-14-22-17-13-21-19(12-18(17)24)23-20(15-8-4-2-5-9-15)16-10-6-3-7-11-16/h2-14H,1H3. The van der Waals surface area contributed by atoms with Crippen molar-refractivity contribution in [1.29, 1.82) is 0 Å². The van der Waals surface area contributed by atoms with Gasteiger partial charge in [0.25, 0.3) is 0 Å². The Morgan fingerprint density at radius 1 is 0.875 bits per heavy atom. The molecule has 0 aliphatic heterocycles. The minimum atomic E-state index is 0.675. The molecule has 0 unspecified atom stereocenters. The van der Waals surface area contributed by atoms with Crippen LogP contribution in [-0.4, -0.2) is 20.2 Å². The van der Waals surface area contributed by atoms with Crippen LogP contribution in [0.2, 0.25) is 0 Å². The van der Waals surface area contributed by atoms with Crippen LogP contribution in [0.3, 0.4) is 0 Å². The number of pyridine rings is 1. The fourth-order valence-electron chi connectivity index (χ4n) is 2.68. The number of hydrogen-bond acceptors (Lipinski definition) is 3. The summed E-state index contributed by atoms with van der Waals surface area (Å²) in [5.41, 5.74) is 4.93. The zero-order chi connectivity index (χ0) is 16.4. The highest BCUT2D eigenvalue weighted by atomic mass is 15.0. The van der Waals surface area contributed by atoms with Crippen LogP contribution in [0.5, 0.6) is 0 Å². The smallest absolute Gasteiger partial charge is 0.154 e. The van der Waals surface area contributed by atoms with E-state index >= 15 is 0 Å². The third-order valence-electron chi connectivity index (χ3n) is 3.92. The average Bonchev–Trinajstić information content (AvgIpc) is 3.02. The summed E-state index contributed by atoms with van der Waals surface area (Å²) in [5.74, 6) is 0.675. The molecule has 0 spiro atoms. The molecule has 0 atom stereocenters. The topological polar surface area (TPSA) is 43.1 Å². The first-order valence-electron chi connectivity index (χ1n) is 7.78. The molecule has 0 bridgehead atoms. The molecule has 0 amide bonds. The van der Waals surface area contributed by atoms with E-state index in [0.29, 0.717) is 5.82 Å². The Morgan fingerprint density at radius 3 is 2.12 bits per heavy atom. The quantitative estimate of drug-likeness (QED) is 0.534. The largest absolute Gasteiger partial charge is 0.334 e. The maximum Gasteiger partial charge on any atom is 0.154 e. The van der Waals surface area contributed by atoms with Crippen molar-refractivity contribution in [3.63, 3.8) is 0 Å². The molecule has 0 aliphatic rings. The lowest BCUT2D eigenvalue weighted by Crippen LogP contribution is -2.02. The Balaban J connectivity index is 1.88. The third kappa shape index (κ3) is 2.70. The zero-order valence-electron chi connectivity index (χ0n) is 13.3. The van der Waals surface area contributed by atoms with E-state index < -0.39 is 0 Å². The molecule has 2 heterocycles. The van der Waals surface area contributed by atoms with Crippen LogP contribution in [0.1, 0.15) is 11.1 Å². The summed E-state index contributed by atoms with van der Waals surface area (Å²) in [7, 11) is 1.97. The fraction of sp³-hybridized carbons (Fsp3) is 0.0500. The first-order valence-corrected chi connectivity index (χ1v) is 7.78. The monoisotopic (exact) mass is 312 g/mol. The minimum Gasteiger partial charge on any atom is -0.334 e. The van der Waals surface area contributed by atoms with Crippen LogP contribution in [-0.2, 0) is 7.05 Å². The zero-order valence-corrected chi connectivity index (χ0v) is 13.3. The van der Waals surface area contributed by atoms with Crippen molar-refractivity contribution in [2.75, 3.05) is 0 Å². The van der Waals surface area contributed by atoms with Gasteiger partial charge in [0.15, 0.2) is 5.82 Å². The van der Waals surface area contributed by atoms with E-state index in [4.69, 9.17) is 4.99 Å². The third-order valence-corrected chi connectivity index (χ3v) is 3.92. The molecule has 4 rings (SSSR count). The summed E-state index contributed by atoms with van der Waals surface area (Å²) in [4.78, 5) is 13.6. The predicted molar refractivity (Wildman–Crippen MR) is 96.7 cm³/mol. The summed E-state index contributed by atoms with van der Waals surface area (Å²) in [6.07, 6.45) is 3.55. The fourth-order valence-corrected chi connectivity index (χ4v) is 2.68. The van der Waals surface area contributed by atoms with E-state index in [1.165, 1.54) is 0 Å². The molecule has 4 aromatic rings. The van der Waals surface area contributed by atoms with Crippen LogP contribution in [0, 0.1) is 0 Å². The van der Waals surface area contributed by atoms with E-state index in [2.05, 4.69) is 34.2 Å². The Morgan fingerprint density at radius 2 is 1.50 bits per heavy atom. The molecule has 0 radical (unpaired) electrons. The molecular formula is C20H16N4. The van der Waals surface area contributed by atoms with Gasteiger partial charge in [-0.2, -0.15) is 0 Å².